The van der Waals surface area contributed by atoms with Crippen molar-refractivity contribution in [2.24, 2.45) is 5.92 Å². The molecule has 0 saturated heterocycles. The molecule has 1 rings (SSSR count). The first-order chi connectivity index (χ1) is 7.34. The second kappa shape index (κ2) is 8.12. The molecule has 1 aliphatic carbocycles. The molecule has 1 fully saturated rings. The molecule has 2 heteroatoms. The van der Waals surface area contributed by atoms with E-state index in [4.69, 9.17) is 5.11 Å². The predicted octanol–water partition coefficient (Wildman–Crippen LogP) is 2.71. The summed E-state index contributed by atoms with van der Waals surface area (Å²) in [7, 11) is 0. The van der Waals surface area contributed by atoms with E-state index in [2.05, 4.69) is 12.2 Å². The third kappa shape index (κ3) is 5.53. The van der Waals surface area contributed by atoms with Crippen LogP contribution in [0.5, 0.6) is 0 Å². The van der Waals surface area contributed by atoms with Crippen molar-refractivity contribution >= 4 is 0 Å². The molecule has 2 N–H and O–H groups in total. The summed E-state index contributed by atoms with van der Waals surface area (Å²) >= 11 is 0. The van der Waals surface area contributed by atoms with Crippen LogP contribution in [0, 0.1) is 5.92 Å². The fourth-order valence-electron chi connectivity index (χ4n) is 2.54. The van der Waals surface area contributed by atoms with Gasteiger partial charge in [0.1, 0.15) is 0 Å². The van der Waals surface area contributed by atoms with Crippen LogP contribution in [0.15, 0.2) is 0 Å². The lowest BCUT2D eigenvalue weighted by Crippen LogP contribution is -2.35. The molecule has 0 aromatic carbocycles. The highest BCUT2D eigenvalue weighted by Crippen LogP contribution is 2.26. The van der Waals surface area contributed by atoms with Crippen molar-refractivity contribution in [2.75, 3.05) is 13.2 Å². The summed E-state index contributed by atoms with van der Waals surface area (Å²) in [6.07, 6.45) is 10.5. The Kier molecular flexibility index (Phi) is 7.03. The van der Waals surface area contributed by atoms with Crippen LogP contribution in [0.3, 0.4) is 0 Å². The van der Waals surface area contributed by atoms with Gasteiger partial charge in [0.15, 0.2) is 0 Å². The summed E-state index contributed by atoms with van der Waals surface area (Å²) < 4.78 is 0. The highest BCUT2D eigenvalue weighted by molar-refractivity contribution is 4.75. The van der Waals surface area contributed by atoms with Gasteiger partial charge in [-0.15, -0.1) is 0 Å². The number of rotatable bonds is 7. The first-order valence-electron chi connectivity index (χ1n) is 6.69. The Morgan fingerprint density at radius 2 is 1.87 bits per heavy atom. The van der Waals surface area contributed by atoms with E-state index >= 15 is 0 Å². The van der Waals surface area contributed by atoms with Gasteiger partial charge < -0.3 is 10.4 Å². The quantitative estimate of drug-likeness (QED) is 0.637. The minimum absolute atomic E-state index is 0.345. The minimum Gasteiger partial charge on any atom is -0.396 e. The van der Waals surface area contributed by atoms with Gasteiger partial charge in [0.05, 0.1) is 0 Å². The van der Waals surface area contributed by atoms with Crippen molar-refractivity contribution in [2.45, 2.75) is 64.3 Å². The van der Waals surface area contributed by atoms with E-state index in [9.17, 15) is 0 Å². The van der Waals surface area contributed by atoms with Gasteiger partial charge in [0.2, 0.25) is 0 Å². The van der Waals surface area contributed by atoms with Crippen LogP contribution >= 0.6 is 0 Å². The molecule has 1 saturated carbocycles. The van der Waals surface area contributed by atoms with E-state index in [0.29, 0.717) is 12.6 Å². The molecule has 0 unspecified atom stereocenters. The Labute approximate surface area is 94.5 Å². The van der Waals surface area contributed by atoms with Crippen molar-refractivity contribution < 1.29 is 5.11 Å². The van der Waals surface area contributed by atoms with Crippen LogP contribution in [-0.4, -0.2) is 24.3 Å². The Morgan fingerprint density at radius 1 is 1.13 bits per heavy atom. The van der Waals surface area contributed by atoms with E-state index in [1.54, 1.807) is 0 Å². The Morgan fingerprint density at radius 3 is 2.53 bits per heavy atom. The smallest absolute Gasteiger partial charge is 0.0431 e. The van der Waals surface area contributed by atoms with Crippen LogP contribution in [-0.2, 0) is 0 Å². The maximum Gasteiger partial charge on any atom is 0.0431 e. The average molecular weight is 213 g/mol. The van der Waals surface area contributed by atoms with Crippen LogP contribution in [0.2, 0.25) is 0 Å². The normalized spacial score (nSPS) is 20.4. The highest BCUT2D eigenvalue weighted by atomic mass is 16.2. The van der Waals surface area contributed by atoms with Gasteiger partial charge in [-0.2, -0.15) is 0 Å². The first-order valence-corrected chi connectivity index (χ1v) is 6.69. The molecule has 0 radical (unpaired) electrons. The molecule has 0 bridgehead atoms. The zero-order valence-electron chi connectivity index (χ0n) is 10.2. The van der Waals surface area contributed by atoms with Crippen molar-refractivity contribution in [1.29, 1.82) is 0 Å². The topological polar surface area (TPSA) is 32.3 Å². The zero-order chi connectivity index (χ0) is 10.9. The van der Waals surface area contributed by atoms with Gasteiger partial charge in [-0.05, 0) is 51.5 Å². The number of hydrogen-bond donors (Lipinski definition) is 2. The Hall–Kier alpha value is -0.0800. The molecule has 0 heterocycles. The molecule has 0 aliphatic heterocycles. The second-order valence-corrected chi connectivity index (χ2v) is 4.93. The van der Waals surface area contributed by atoms with Gasteiger partial charge in [-0.3, -0.25) is 0 Å². The van der Waals surface area contributed by atoms with Gasteiger partial charge in [-0.1, -0.05) is 19.3 Å². The standard InChI is InChI=1S/C13H27NO/c1-12(13-8-4-2-5-9-13)14-10-6-3-7-11-15/h12-15H,2-11H2,1H3/t12-/m0/s1. The monoisotopic (exact) mass is 213 g/mol. The Bertz CT molecular complexity index is 143. The van der Waals surface area contributed by atoms with E-state index in [0.717, 1.165) is 25.3 Å². The largest absolute Gasteiger partial charge is 0.396 e. The van der Waals surface area contributed by atoms with E-state index in [1.165, 1.54) is 38.5 Å². The number of hydrogen-bond acceptors (Lipinski definition) is 2. The lowest BCUT2D eigenvalue weighted by Gasteiger charge is -2.28. The number of aliphatic hydroxyl groups is 1. The zero-order valence-corrected chi connectivity index (χ0v) is 10.2. The van der Waals surface area contributed by atoms with E-state index in [1.807, 2.05) is 0 Å². The predicted molar refractivity (Wildman–Crippen MR) is 65.0 cm³/mol. The fraction of sp³-hybridized carbons (Fsp3) is 1.00. The van der Waals surface area contributed by atoms with Gasteiger partial charge >= 0.3 is 0 Å². The van der Waals surface area contributed by atoms with Crippen molar-refractivity contribution in [3.8, 4) is 0 Å². The van der Waals surface area contributed by atoms with Crippen molar-refractivity contribution in [3.63, 3.8) is 0 Å². The molecular formula is C13H27NO. The molecule has 1 aliphatic rings. The van der Waals surface area contributed by atoms with Gasteiger partial charge in [0, 0.05) is 12.6 Å². The van der Waals surface area contributed by atoms with Crippen molar-refractivity contribution in [1.82, 2.24) is 5.32 Å². The first kappa shape index (κ1) is 13.0. The van der Waals surface area contributed by atoms with Gasteiger partial charge in [0.25, 0.3) is 0 Å². The van der Waals surface area contributed by atoms with Crippen LogP contribution < -0.4 is 5.32 Å². The maximum atomic E-state index is 8.66. The minimum atomic E-state index is 0.345. The second-order valence-electron chi connectivity index (χ2n) is 4.93. The SMILES string of the molecule is C[C@H](NCCCCCO)C1CCCCC1. The summed E-state index contributed by atoms with van der Waals surface area (Å²) in [5.41, 5.74) is 0. The third-order valence-corrected chi connectivity index (χ3v) is 3.66. The van der Waals surface area contributed by atoms with E-state index < -0.39 is 0 Å². The van der Waals surface area contributed by atoms with Gasteiger partial charge in [-0.25, -0.2) is 0 Å². The maximum absolute atomic E-state index is 8.66. The molecule has 2 nitrogen and oxygen atoms in total. The summed E-state index contributed by atoms with van der Waals surface area (Å²) in [6, 6.07) is 0.694. The molecule has 0 spiro atoms. The molecule has 1 atom stereocenters. The molecular weight excluding hydrogens is 186 g/mol. The summed E-state index contributed by atoms with van der Waals surface area (Å²) in [5.74, 6) is 0.914. The number of aliphatic hydroxyl groups excluding tert-OH is 1. The lowest BCUT2D eigenvalue weighted by atomic mass is 9.84. The molecule has 0 aromatic heterocycles. The number of unbranched alkanes of at least 4 members (excludes halogenated alkanes) is 2. The lowest BCUT2D eigenvalue weighted by molar-refractivity contribution is 0.272. The van der Waals surface area contributed by atoms with Crippen molar-refractivity contribution in [3.05, 3.63) is 0 Å². The van der Waals surface area contributed by atoms with E-state index in [-0.39, 0.29) is 0 Å². The molecule has 90 valence electrons. The van der Waals surface area contributed by atoms with Crippen LogP contribution in [0.25, 0.3) is 0 Å². The highest BCUT2D eigenvalue weighted by Gasteiger charge is 2.18. The summed E-state index contributed by atoms with van der Waals surface area (Å²) in [4.78, 5) is 0. The third-order valence-electron chi connectivity index (χ3n) is 3.66. The summed E-state index contributed by atoms with van der Waals surface area (Å²) in [5, 5.41) is 12.3. The number of nitrogens with one attached hydrogen (secondary N) is 1. The molecule has 15 heavy (non-hydrogen) atoms. The Balaban J connectivity index is 1.99. The average Bonchev–Trinajstić information content (AvgIpc) is 2.30. The van der Waals surface area contributed by atoms with Crippen LogP contribution in [0.4, 0.5) is 0 Å². The van der Waals surface area contributed by atoms with Crippen LogP contribution in [0.1, 0.15) is 58.3 Å². The summed E-state index contributed by atoms with van der Waals surface area (Å²) in [6.45, 7) is 3.80. The fourth-order valence-corrected chi connectivity index (χ4v) is 2.54. The molecule has 0 amide bonds. The molecule has 0 aromatic rings.